The highest BCUT2D eigenvalue weighted by Gasteiger charge is 2.39. The van der Waals surface area contributed by atoms with E-state index >= 15 is 0 Å². The van der Waals surface area contributed by atoms with Crippen LogP contribution in [0, 0.1) is 11.3 Å². The molecule has 2 nitrogen and oxygen atoms in total. The van der Waals surface area contributed by atoms with Crippen LogP contribution in [-0.4, -0.2) is 17.0 Å². The Labute approximate surface area is 55.4 Å². The number of hydrogen-bond donors (Lipinski definition) is 0. The van der Waals surface area contributed by atoms with E-state index in [9.17, 15) is 0 Å². The topological polar surface area (TPSA) is 26.8 Å². The van der Waals surface area contributed by atoms with Crippen LogP contribution in [0.1, 0.15) is 13.8 Å². The van der Waals surface area contributed by atoms with Gasteiger partial charge < -0.3 is 4.90 Å². The normalized spacial score (nSPS) is 22.1. The summed E-state index contributed by atoms with van der Waals surface area (Å²) in [6.07, 6.45) is 3.34. The molecule has 9 heavy (non-hydrogen) atoms. The summed E-state index contributed by atoms with van der Waals surface area (Å²) in [7, 11) is 0. The first-order chi connectivity index (χ1) is 4.17. The van der Waals surface area contributed by atoms with Gasteiger partial charge in [-0.05, 0) is 13.8 Å². The Morgan fingerprint density at radius 3 is 2.56 bits per heavy atom. The number of rotatable bonds is 1. The minimum absolute atomic E-state index is 0.313. The summed E-state index contributed by atoms with van der Waals surface area (Å²) in [6.45, 7) is 5.37. The van der Waals surface area contributed by atoms with Crippen LogP contribution < -0.4 is 0 Å². The van der Waals surface area contributed by atoms with Gasteiger partial charge in [0, 0.05) is 18.8 Å². The second-order valence-corrected chi connectivity index (χ2v) is 2.89. The minimum atomic E-state index is 0.313. The van der Waals surface area contributed by atoms with E-state index in [1.807, 2.05) is 12.3 Å². The molecule has 1 rings (SSSR count). The highest BCUT2D eigenvalue weighted by molar-refractivity contribution is 5.11. The summed E-state index contributed by atoms with van der Waals surface area (Å²) in [6, 6.07) is 1.95. The molecule has 0 N–H and O–H groups in total. The number of hydrogen-bond acceptors (Lipinski definition) is 2. The molecule has 0 aromatic heterocycles. The molecule has 0 unspecified atom stereocenters. The van der Waals surface area contributed by atoms with Gasteiger partial charge in [-0.3, -0.25) is 0 Å². The van der Waals surface area contributed by atoms with Crippen molar-refractivity contribution in [1.29, 1.82) is 5.26 Å². The molecule has 0 saturated carbocycles. The Bertz CT molecular complexity index is 174. The molecule has 0 aliphatic carbocycles. The molecule has 0 spiro atoms. The van der Waals surface area contributed by atoms with Gasteiger partial charge in [-0.25, -0.2) is 0 Å². The van der Waals surface area contributed by atoms with Gasteiger partial charge in [0.25, 0.3) is 0 Å². The monoisotopic (exact) mass is 122 g/mol. The Balaban J connectivity index is 2.38. The lowest BCUT2D eigenvalue weighted by atomic mass is 10.2. The molecule has 0 bridgehead atoms. The van der Waals surface area contributed by atoms with Gasteiger partial charge in [-0.15, -0.1) is 0 Å². The standard InChI is InChI=1S/C7H10N2/c1-7(2)6-9(7)5-3-4-8/h3,5H,6H2,1-2H3. The average molecular weight is 122 g/mol. The van der Waals surface area contributed by atoms with Crippen LogP contribution in [-0.2, 0) is 0 Å². The second kappa shape index (κ2) is 1.77. The fraction of sp³-hybridized carbons (Fsp3) is 0.571. The first-order valence-corrected chi connectivity index (χ1v) is 3.00. The molecule has 0 atom stereocenters. The first-order valence-electron chi connectivity index (χ1n) is 3.00. The molecule has 1 fully saturated rings. The van der Waals surface area contributed by atoms with Crippen LogP contribution >= 0.6 is 0 Å². The predicted molar refractivity (Wildman–Crippen MR) is 35.5 cm³/mol. The zero-order valence-corrected chi connectivity index (χ0v) is 5.76. The maximum absolute atomic E-state index is 8.15. The van der Waals surface area contributed by atoms with Crippen molar-refractivity contribution in [3.63, 3.8) is 0 Å². The van der Waals surface area contributed by atoms with Gasteiger partial charge in [0.15, 0.2) is 0 Å². The zero-order valence-electron chi connectivity index (χ0n) is 5.76. The molecule has 0 aromatic rings. The minimum Gasteiger partial charge on any atom is -0.368 e. The van der Waals surface area contributed by atoms with Gasteiger partial charge in [0.1, 0.15) is 0 Å². The summed E-state index contributed by atoms with van der Waals surface area (Å²) in [5, 5.41) is 8.15. The van der Waals surface area contributed by atoms with E-state index in [0.29, 0.717) is 5.54 Å². The largest absolute Gasteiger partial charge is 0.368 e. The molecule has 0 amide bonds. The fourth-order valence-corrected chi connectivity index (χ4v) is 0.759. The molecular formula is C7H10N2. The third kappa shape index (κ3) is 1.23. The van der Waals surface area contributed by atoms with Gasteiger partial charge in [0.05, 0.1) is 11.6 Å². The Kier molecular flexibility index (Phi) is 1.21. The van der Waals surface area contributed by atoms with E-state index in [4.69, 9.17) is 5.26 Å². The smallest absolute Gasteiger partial charge is 0.0927 e. The van der Waals surface area contributed by atoms with Crippen LogP contribution in [0.5, 0.6) is 0 Å². The maximum Gasteiger partial charge on any atom is 0.0927 e. The van der Waals surface area contributed by atoms with Crippen molar-refractivity contribution in [3.05, 3.63) is 12.3 Å². The molecule has 1 heterocycles. The quantitative estimate of drug-likeness (QED) is 0.385. The van der Waals surface area contributed by atoms with Crippen molar-refractivity contribution in [3.8, 4) is 6.07 Å². The van der Waals surface area contributed by atoms with E-state index in [1.165, 1.54) is 6.08 Å². The summed E-state index contributed by atoms with van der Waals surface area (Å²) in [5.41, 5.74) is 0.313. The maximum atomic E-state index is 8.15. The highest BCUT2D eigenvalue weighted by atomic mass is 15.3. The number of allylic oxidation sites excluding steroid dienone is 1. The highest BCUT2D eigenvalue weighted by Crippen LogP contribution is 2.30. The van der Waals surface area contributed by atoms with Gasteiger partial charge >= 0.3 is 0 Å². The van der Waals surface area contributed by atoms with Crippen LogP contribution in [0.4, 0.5) is 0 Å². The van der Waals surface area contributed by atoms with Crippen LogP contribution in [0.15, 0.2) is 12.3 Å². The van der Waals surface area contributed by atoms with E-state index in [2.05, 4.69) is 18.7 Å². The SMILES string of the molecule is CC1(C)CN1C=CC#N. The first kappa shape index (κ1) is 6.15. The Hall–Kier alpha value is -0.970. The summed E-state index contributed by atoms with van der Waals surface area (Å²) >= 11 is 0. The van der Waals surface area contributed by atoms with Gasteiger partial charge in [0.2, 0.25) is 0 Å². The van der Waals surface area contributed by atoms with Crippen molar-refractivity contribution in [2.45, 2.75) is 19.4 Å². The molecule has 0 radical (unpaired) electrons. The van der Waals surface area contributed by atoms with Gasteiger partial charge in [-0.1, -0.05) is 0 Å². The van der Waals surface area contributed by atoms with Crippen LogP contribution in [0.25, 0.3) is 0 Å². The number of nitrogens with zero attached hydrogens (tertiary/aromatic N) is 2. The molecule has 1 aliphatic rings. The van der Waals surface area contributed by atoms with Crippen LogP contribution in [0.2, 0.25) is 0 Å². The second-order valence-electron chi connectivity index (χ2n) is 2.89. The van der Waals surface area contributed by atoms with E-state index in [1.54, 1.807) is 0 Å². The predicted octanol–water partition coefficient (Wildman–Crippen LogP) is 1.12. The lowest BCUT2D eigenvalue weighted by Crippen LogP contribution is -2.01. The lowest BCUT2D eigenvalue weighted by Gasteiger charge is -1.98. The third-order valence-electron chi connectivity index (χ3n) is 1.56. The molecule has 2 heteroatoms. The lowest BCUT2D eigenvalue weighted by molar-refractivity contribution is 0.575. The van der Waals surface area contributed by atoms with E-state index in [0.717, 1.165) is 6.54 Å². The van der Waals surface area contributed by atoms with E-state index < -0.39 is 0 Å². The zero-order chi connectivity index (χ0) is 6.91. The van der Waals surface area contributed by atoms with Crippen LogP contribution in [0.3, 0.4) is 0 Å². The summed E-state index contributed by atoms with van der Waals surface area (Å²) in [4.78, 5) is 2.12. The molecule has 1 aliphatic heterocycles. The van der Waals surface area contributed by atoms with Crippen molar-refractivity contribution in [2.24, 2.45) is 0 Å². The van der Waals surface area contributed by atoms with E-state index in [-0.39, 0.29) is 0 Å². The summed E-state index contributed by atoms with van der Waals surface area (Å²) in [5.74, 6) is 0. The fourth-order valence-electron chi connectivity index (χ4n) is 0.759. The number of nitriles is 1. The van der Waals surface area contributed by atoms with Gasteiger partial charge in [-0.2, -0.15) is 5.26 Å². The van der Waals surface area contributed by atoms with Crippen molar-refractivity contribution >= 4 is 0 Å². The Morgan fingerprint density at radius 2 is 2.22 bits per heavy atom. The van der Waals surface area contributed by atoms with Crippen molar-refractivity contribution in [1.82, 2.24) is 4.90 Å². The third-order valence-corrected chi connectivity index (χ3v) is 1.56. The molecule has 0 aromatic carbocycles. The molecule has 48 valence electrons. The van der Waals surface area contributed by atoms with Crippen molar-refractivity contribution in [2.75, 3.05) is 6.54 Å². The molecular weight excluding hydrogens is 112 g/mol. The average Bonchev–Trinajstić information content (AvgIpc) is 2.35. The molecule has 1 saturated heterocycles. The Morgan fingerprint density at radius 1 is 1.67 bits per heavy atom. The van der Waals surface area contributed by atoms with Crippen molar-refractivity contribution < 1.29 is 0 Å². The summed E-state index contributed by atoms with van der Waals surface area (Å²) < 4.78 is 0.